The minimum Gasteiger partial charge on any atom is -0.330 e. The van der Waals surface area contributed by atoms with Crippen molar-refractivity contribution in [1.82, 2.24) is 9.80 Å². The second kappa shape index (κ2) is 6.90. The highest BCUT2D eigenvalue weighted by Crippen LogP contribution is 2.46. The number of ether oxygens (including phenoxy) is 1. The fourth-order valence-electron chi connectivity index (χ4n) is 5.57. The summed E-state index contributed by atoms with van der Waals surface area (Å²) < 4.78 is 7.03. The first-order valence-corrected chi connectivity index (χ1v) is 10.5. The van der Waals surface area contributed by atoms with E-state index in [2.05, 4.69) is 0 Å². The maximum Gasteiger partial charge on any atom is 0.224 e. The molecular weight excluding hydrogens is 316 g/mol. The zero-order valence-electron chi connectivity index (χ0n) is 15.4. The molecular formula is C20H32N2O3. The molecule has 0 unspecified atom stereocenters. The van der Waals surface area contributed by atoms with Crippen LogP contribution in [0.5, 0.6) is 0 Å². The van der Waals surface area contributed by atoms with E-state index in [1.165, 1.54) is 12.8 Å². The van der Waals surface area contributed by atoms with E-state index in [0.29, 0.717) is 12.8 Å². The van der Waals surface area contributed by atoms with Crippen molar-refractivity contribution in [3.05, 3.63) is 0 Å². The van der Waals surface area contributed by atoms with Gasteiger partial charge in [0, 0.05) is 25.9 Å². The molecule has 4 aliphatic rings. The third-order valence-electron chi connectivity index (χ3n) is 6.78. The number of likely N-dealkylation sites (tertiary alicyclic amines) is 2. The molecule has 0 aromatic carbocycles. The van der Waals surface area contributed by atoms with E-state index in [4.69, 9.17) is 4.74 Å². The third-order valence-corrected chi connectivity index (χ3v) is 6.78. The zero-order chi connectivity index (χ0) is 17.3. The lowest BCUT2D eigenvalue weighted by atomic mass is 9.86. The van der Waals surface area contributed by atoms with Gasteiger partial charge in [0.25, 0.3) is 0 Å². The van der Waals surface area contributed by atoms with Crippen LogP contribution in [0, 0.1) is 0 Å². The van der Waals surface area contributed by atoms with Gasteiger partial charge in [-0.1, -0.05) is 12.8 Å². The predicted octanol–water partition coefficient (Wildman–Crippen LogP) is 3.57. The monoisotopic (exact) mass is 348 g/mol. The fraction of sp³-hybridized carbons (Fsp3) is 0.900. The number of carbonyl (C=O) groups is 2. The van der Waals surface area contributed by atoms with Crippen molar-refractivity contribution in [3.8, 4) is 0 Å². The number of carbonyl (C=O) groups excluding carboxylic acids is 2. The van der Waals surface area contributed by atoms with Gasteiger partial charge in [-0.25, -0.2) is 0 Å². The summed E-state index contributed by atoms with van der Waals surface area (Å²) in [6, 6.07) is 0. The van der Waals surface area contributed by atoms with Gasteiger partial charge < -0.3 is 14.5 Å². The first-order valence-electron chi connectivity index (χ1n) is 10.5. The van der Waals surface area contributed by atoms with Crippen molar-refractivity contribution < 1.29 is 14.3 Å². The van der Waals surface area contributed by atoms with Gasteiger partial charge in [-0.2, -0.15) is 0 Å². The lowest BCUT2D eigenvalue weighted by molar-refractivity contribution is -0.282. The molecule has 2 aliphatic carbocycles. The molecule has 0 bridgehead atoms. The largest absolute Gasteiger partial charge is 0.330 e. The van der Waals surface area contributed by atoms with Crippen LogP contribution in [0.2, 0.25) is 0 Å². The van der Waals surface area contributed by atoms with Crippen molar-refractivity contribution in [1.29, 1.82) is 0 Å². The van der Waals surface area contributed by atoms with Gasteiger partial charge in [0.1, 0.15) is 11.4 Å². The summed E-state index contributed by atoms with van der Waals surface area (Å²) in [5.74, 6) is 0.501. The smallest absolute Gasteiger partial charge is 0.224 e. The highest BCUT2D eigenvalue weighted by molar-refractivity contribution is 5.79. The molecule has 0 N–H and O–H groups in total. The number of hydrogen-bond acceptors (Lipinski definition) is 3. The summed E-state index contributed by atoms with van der Waals surface area (Å²) in [6.07, 6.45) is 13.9. The van der Waals surface area contributed by atoms with Crippen LogP contribution >= 0.6 is 0 Å². The van der Waals surface area contributed by atoms with Crippen LogP contribution in [0.15, 0.2) is 0 Å². The van der Waals surface area contributed by atoms with Gasteiger partial charge in [-0.3, -0.25) is 9.59 Å². The molecule has 4 rings (SSSR count). The maximum atomic E-state index is 12.6. The lowest BCUT2D eigenvalue weighted by Crippen LogP contribution is -2.62. The molecule has 0 aromatic heterocycles. The molecule has 0 radical (unpaired) electrons. The highest BCUT2D eigenvalue weighted by atomic mass is 16.6. The lowest BCUT2D eigenvalue weighted by Gasteiger charge is -2.54. The first-order chi connectivity index (χ1) is 12.2. The molecule has 0 spiro atoms. The molecule has 2 aliphatic heterocycles. The van der Waals surface area contributed by atoms with E-state index >= 15 is 0 Å². The summed E-state index contributed by atoms with van der Waals surface area (Å²) >= 11 is 0. The Morgan fingerprint density at radius 2 is 1.00 bits per heavy atom. The fourth-order valence-corrected chi connectivity index (χ4v) is 5.57. The average molecular weight is 348 g/mol. The van der Waals surface area contributed by atoms with Crippen LogP contribution in [0.1, 0.15) is 89.9 Å². The third kappa shape index (κ3) is 3.09. The molecule has 4 fully saturated rings. The van der Waals surface area contributed by atoms with Gasteiger partial charge >= 0.3 is 0 Å². The summed E-state index contributed by atoms with van der Waals surface area (Å²) in [4.78, 5) is 29.2. The molecule has 5 heteroatoms. The highest BCUT2D eigenvalue weighted by Gasteiger charge is 2.52. The minimum absolute atomic E-state index is 0.251. The SMILES string of the molecule is O=C1CCCN1C1(OC2(N3CCCC3=O)CCCCC2)CCCCC1. The number of hydrogen-bond donors (Lipinski definition) is 0. The number of amides is 2. The Morgan fingerprint density at radius 1 is 0.600 bits per heavy atom. The Balaban J connectivity index is 1.65. The topological polar surface area (TPSA) is 49.9 Å². The summed E-state index contributed by atoms with van der Waals surface area (Å²) in [5.41, 5.74) is -0.932. The first kappa shape index (κ1) is 17.3. The summed E-state index contributed by atoms with van der Waals surface area (Å²) in [5, 5.41) is 0. The van der Waals surface area contributed by atoms with Crippen molar-refractivity contribution in [3.63, 3.8) is 0 Å². The summed E-state index contributed by atoms with van der Waals surface area (Å²) in [7, 11) is 0. The Labute approximate surface area is 151 Å². The standard InChI is InChI=1S/C20H32N2O3/c23-17-9-7-15-21(17)19(11-3-1-4-12-19)25-20(13-5-2-6-14-20)22-16-8-10-18(22)24/h1-16H2. The molecule has 2 amide bonds. The van der Waals surface area contributed by atoms with Crippen LogP contribution < -0.4 is 0 Å². The van der Waals surface area contributed by atoms with Crippen LogP contribution in [-0.2, 0) is 14.3 Å². The Kier molecular flexibility index (Phi) is 4.78. The van der Waals surface area contributed by atoms with Gasteiger partial charge in [0.2, 0.25) is 11.8 Å². The van der Waals surface area contributed by atoms with Crippen LogP contribution in [0.3, 0.4) is 0 Å². The van der Waals surface area contributed by atoms with Gasteiger partial charge in [-0.05, 0) is 64.2 Å². The van der Waals surface area contributed by atoms with Gasteiger partial charge in [0.05, 0.1) is 0 Å². The second-order valence-electron chi connectivity index (χ2n) is 8.41. The number of nitrogens with zero attached hydrogens (tertiary/aromatic N) is 2. The summed E-state index contributed by atoms with van der Waals surface area (Å²) in [6.45, 7) is 1.64. The molecule has 0 aromatic rings. The molecule has 25 heavy (non-hydrogen) atoms. The Bertz CT molecular complexity index is 475. The Morgan fingerprint density at radius 3 is 1.32 bits per heavy atom. The Hall–Kier alpha value is -1.10. The van der Waals surface area contributed by atoms with Gasteiger partial charge in [0.15, 0.2) is 0 Å². The van der Waals surface area contributed by atoms with E-state index in [1.807, 2.05) is 9.80 Å². The van der Waals surface area contributed by atoms with Crippen molar-refractivity contribution in [2.75, 3.05) is 13.1 Å². The van der Waals surface area contributed by atoms with E-state index in [0.717, 1.165) is 77.3 Å². The quantitative estimate of drug-likeness (QED) is 0.780. The van der Waals surface area contributed by atoms with Crippen molar-refractivity contribution >= 4 is 11.8 Å². The van der Waals surface area contributed by atoms with E-state index in [-0.39, 0.29) is 11.8 Å². The average Bonchev–Trinajstić information content (AvgIpc) is 3.25. The second-order valence-corrected chi connectivity index (χ2v) is 8.41. The van der Waals surface area contributed by atoms with Gasteiger partial charge in [-0.15, -0.1) is 0 Å². The maximum absolute atomic E-state index is 12.6. The molecule has 0 atom stereocenters. The molecule has 2 saturated heterocycles. The minimum atomic E-state index is -0.466. The zero-order valence-corrected chi connectivity index (χ0v) is 15.4. The van der Waals surface area contributed by atoms with E-state index in [1.54, 1.807) is 0 Å². The van der Waals surface area contributed by atoms with Crippen molar-refractivity contribution in [2.24, 2.45) is 0 Å². The van der Waals surface area contributed by atoms with Crippen LogP contribution in [0.4, 0.5) is 0 Å². The normalized spacial score (nSPS) is 29.4. The molecule has 140 valence electrons. The predicted molar refractivity (Wildman–Crippen MR) is 94.6 cm³/mol. The van der Waals surface area contributed by atoms with Crippen molar-refractivity contribution in [2.45, 2.75) is 101 Å². The molecule has 2 heterocycles. The van der Waals surface area contributed by atoms with Crippen LogP contribution in [-0.4, -0.2) is 46.2 Å². The van der Waals surface area contributed by atoms with E-state index in [9.17, 15) is 9.59 Å². The van der Waals surface area contributed by atoms with Crippen LogP contribution in [0.25, 0.3) is 0 Å². The molecule has 5 nitrogen and oxygen atoms in total. The molecule has 2 saturated carbocycles. The number of rotatable bonds is 4. The van der Waals surface area contributed by atoms with E-state index < -0.39 is 11.4 Å².